The molecule has 2 heterocycles. The maximum atomic E-state index is 12.5. The Morgan fingerprint density at radius 2 is 2.14 bits per heavy atom. The molecule has 0 aliphatic carbocycles. The number of nitrogens with one attached hydrogen (secondary N) is 1. The lowest BCUT2D eigenvalue weighted by molar-refractivity contribution is -0.118. The normalized spacial score (nSPS) is 11.5. The molecule has 0 aliphatic rings. The number of allylic oxidation sites excluding steroid dienone is 1. The summed E-state index contributed by atoms with van der Waals surface area (Å²) in [5.41, 5.74) is 7.15. The van der Waals surface area contributed by atoms with E-state index in [9.17, 15) is 9.59 Å². The summed E-state index contributed by atoms with van der Waals surface area (Å²) in [6.07, 6.45) is 2.83. The van der Waals surface area contributed by atoms with Gasteiger partial charge in [-0.1, -0.05) is 25.4 Å². The predicted molar refractivity (Wildman–Crippen MR) is 111 cm³/mol. The van der Waals surface area contributed by atoms with Crippen molar-refractivity contribution in [2.75, 3.05) is 18.2 Å². The molecule has 1 aromatic carbocycles. The van der Waals surface area contributed by atoms with Crippen molar-refractivity contribution < 1.29 is 18.7 Å². The van der Waals surface area contributed by atoms with E-state index in [-0.39, 0.29) is 28.3 Å². The molecule has 146 valence electrons. The molecule has 0 spiro atoms. The lowest BCUT2D eigenvalue weighted by atomic mass is 10.1. The van der Waals surface area contributed by atoms with E-state index in [2.05, 4.69) is 10.3 Å². The van der Waals surface area contributed by atoms with Gasteiger partial charge >= 0.3 is 0 Å². The van der Waals surface area contributed by atoms with E-state index in [0.29, 0.717) is 27.5 Å². The number of ketones is 1. The van der Waals surface area contributed by atoms with Gasteiger partial charge in [0.05, 0.1) is 28.9 Å². The molecule has 9 heteroatoms. The number of nitrogens with two attached hydrogens (primary N) is 1. The number of benzene rings is 1. The van der Waals surface area contributed by atoms with E-state index in [4.69, 9.17) is 26.5 Å². The van der Waals surface area contributed by atoms with Crippen LogP contribution >= 0.6 is 22.9 Å². The number of halogens is 1. The van der Waals surface area contributed by atoms with Gasteiger partial charge in [0.25, 0.3) is 0 Å². The number of nitrogen functional groups attached to an aromatic ring is 1. The fraction of sp³-hybridized carbons (Fsp3) is 0.211. The molecule has 0 aliphatic heterocycles. The number of nitrogens with zero attached hydrogens (tertiary/aromatic N) is 1. The molecule has 2 aromatic heterocycles. The van der Waals surface area contributed by atoms with Crippen LogP contribution in [0.25, 0.3) is 17.0 Å². The largest absolute Gasteiger partial charge is 0.495 e. The standard InChI is InChI=1S/C19H18ClN3O4S/c1-9(2)18(25)23-19-22-10(8-28-19)4-5-11(24)17-16(21)14-12(27-17)6-7-13(26-3)15(14)20/h4-9H,21H2,1-3H3,(H,22,23,25)/b5-4+. The molecule has 3 rings (SSSR count). The number of amides is 1. The second-order valence-electron chi connectivity index (χ2n) is 6.22. The zero-order valence-corrected chi connectivity index (χ0v) is 17.0. The van der Waals surface area contributed by atoms with Crippen LogP contribution in [0.15, 0.2) is 28.0 Å². The van der Waals surface area contributed by atoms with Crippen LogP contribution in [-0.4, -0.2) is 23.8 Å². The summed E-state index contributed by atoms with van der Waals surface area (Å²) in [5.74, 6) is -0.265. The number of aromatic nitrogens is 1. The third kappa shape index (κ3) is 3.88. The second-order valence-corrected chi connectivity index (χ2v) is 7.45. The van der Waals surface area contributed by atoms with Crippen LogP contribution in [0.1, 0.15) is 30.1 Å². The lowest BCUT2D eigenvalue weighted by Gasteiger charge is -2.02. The van der Waals surface area contributed by atoms with Crippen molar-refractivity contribution in [1.82, 2.24) is 4.98 Å². The van der Waals surface area contributed by atoms with Crippen LogP contribution in [0.3, 0.4) is 0 Å². The molecule has 0 fully saturated rings. The number of hydrogen-bond acceptors (Lipinski definition) is 7. The molecule has 0 atom stereocenters. The topological polar surface area (TPSA) is 107 Å². The summed E-state index contributed by atoms with van der Waals surface area (Å²) < 4.78 is 10.7. The first-order valence-corrected chi connectivity index (χ1v) is 9.60. The fourth-order valence-corrected chi connectivity index (χ4v) is 3.42. The Morgan fingerprint density at radius 1 is 1.39 bits per heavy atom. The zero-order chi connectivity index (χ0) is 20.4. The van der Waals surface area contributed by atoms with Gasteiger partial charge in [-0.3, -0.25) is 9.59 Å². The molecule has 3 aromatic rings. The third-order valence-electron chi connectivity index (χ3n) is 3.92. The highest BCUT2D eigenvalue weighted by Crippen LogP contribution is 2.39. The maximum absolute atomic E-state index is 12.5. The molecule has 0 bridgehead atoms. The first kappa shape index (κ1) is 19.9. The number of fused-ring (bicyclic) bond motifs is 1. The third-order valence-corrected chi connectivity index (χ3v) is 5.07. The number of carbonyl (C=O) groups is 2. The average molecular weight is 420 g/mol. The average Bonchev–Trinajstić information content (AvgIpc) is 3.24. The van der Waals surface area contributed by atoms with E-state index in [1.807, 2.05) is 0 Å². The van der Waals surface area contributed by atoms with Crippen LogP contribution in [-0.2, 0) is 4.79 Å². The lowest BCUT2D eigenvalue weighted by Crippen LogP contribution is -2.17. The number of anilines is 2. The first-order valence-electron chi connectivity index (χ1n) is 8.35. The van der Waals surface area contributed by atoms with Crippen molar-refractivity contribution in [3.05, 3.63) is 40.1 Å². The molecular weight excluding hydrogens is 402 g/mol. The van der Waals surface area contributed by atoms with Crippen molar-refractivity contribution in [1.29, 1.82) is 0 Å². The minimum atomic E-state index is -0.426. The van der Waals surface area contributed by atoms with E-state index < -0.39 is 5.78 Å². The molecule has 0 saturated carbocycles. The summed E-state index contributed by atoms with van der Waals surface area (Å²) in [5, 5.41) is 5.62. The summed E-state index contributed by atoms with van der Waals surface area (Å²) in [4.78, 5) is 28.5. The molecule has 0 saturated heterocycles. The Morgan fingerprint density at radius 3 is 2.82 bits per heavy atom. The summed E-state index contributed by atoms with van der Waals surface area (Å²) in [6.45, 7) is 3.59. The number of thiazole rings is 1. The maximum Gasteiger partial charge on any atom is 0.228 e. The van der Waals surface area contributed by atoms with Gasteiger partial charge in [-0.05, 0) is 24.3 Å². The van der Waals surface area contributed by atoms with Gasteiger partial charge in [0.2, 0.25) is 11.7 Å². The highest BCUT2D eigenvalue weighted by Gasteiger charge is 2.20. The van der Waals surface area contributed by atoms with Crippen LogP contribution in [0.5, 0.6) is 5.75 Å². The summed E-state index contributed by atoms with van der Waals surface area (Å²) in [7, 11) is 1.49. The number of carbonyl (C=O) groups excluding carboxylic acids is 2. The smallest absolute Gasteiger partial charge is 0.228 e. The van der Waals surface area contributed by atoms with Crippen molar-refractivity contribution in [2.45, 2.75) is 13.8 Å². The quantitative estimate of drug-likeness (QED) is 0.445. The molecule has 3 N–H and O–H groups in total. The fourth-order valence-electron chi connectivity index (χ4n) is 2.40. The van der Waals surface area contributed by atoms with E-state index in [1.165, 1.54) is 30.6 Å². The Balaban J connectivity index is 1.82. The summed E-state index contributed by atoms with van der Waals surface area (Å²) >= 11 is 7.54. The monoisotopic (exact) mass is 419 g/mol. The van der Waals surface area contributed by atoms with Gasteiger partial charge in [0.1, 0.15) is 11.3 Å². The van der Waals surface area contributed by atoms with Crippen LogP contribution < -0.4 is 15.8 Å². The molecule has 0 unspecified atom stereocenters. The summed E-state index contributed by atoms with van der Waals surface area (Å²) in [6, 6.07) is 3.28. The molecule has 0 radical (unpaired) electrons. The van der Waals surface area contributed by atoms with Crippen molar-refractivity contribution >= 4 is 62.5 Å². The minimum Gasteiger partial charge on any atom is -0.495 e. The SMILES string of the molecule is COc1ccc2oc(C(=O)/C=C/c3csc(NC(=O)C(C)C)n3)c(N)c2c1Cl. The van der Waals surface area contributed by atoms with E-state index in [0.717, 1.165) is 0 Å². The Bertz CT molecular complexity index is 1080. The van der Waals surface area contributed by atoms with Crippen molar-refractivity contribution in [3.63, 3.8) is 0 Å². The van der Waals surface area contributed by atoms with Crippen LogP contribution in [0.2, 0.25) is 5.02 Å². The minimum absolute atomic E-state index is 0.00929. The van der Waals surface area contributed by atoms with Crippen molar-refractivity contribution in [3.8, 4) is 5.75 Å². The van der Waals surface area contributed by atoms with Gasteiger partial charge in [-0.15, -0.1) is 11.3 Å². The Hall–Kier alpha value is -2.84. The Kier molecular flexibility index (Phi) is 5.71. The van der Waals surface area contributed by atoms with Crippen LogP contribution in [0.4, 0.5) is 10.8 Å². The highest BCUT2D eigenvalue weighted by molar-refractivity contribution is 7.14. The number of furan rings is 1. The predicted octanol–water partition coefficient (Wildman–Crippen LogP) is 4.62. The van der Waals surface area contributed by atoms with Gasteiger partial charge in [0, 0.05) is 11.3 Å². The van der Waals surface area contributed by atoms with Crippen LogP contribution in [0, 0.1) is 5.92 Å². The van der Waals surface area contributed by atoms with Gasteiger partial charge in [-0.2, -0.15) is 0 Å². The number of methoxy groups -OCH3 is 1. The second kappa shape index (κ2) is 8.04. The highest BCUT2D eigenvalue weighted by atomic mass is 35.5. The molecule has 7 nitrogen and oxygen atoms in total. The number of rotatable bonds is 6. The molecule has 28 heavy (non-hydrogen) atoms. The molecular formula is C19H18ClN3O4S. The first-order chi connectivity index (χ1) is 13.3. The zero-order valence-electron chi connectivity index (χ0n) is 15.4. The number of ether oxygens (including phenoxy) is 1. The Labute approximate surface area is 170 Å². The van der Waals surface area contributed by atoms with E-state index in [1.54, 1.807) is 31.4 Å². The number of hydrogen-bond donors (Lipinski definition) is 2. The molecule has 1 amide bonds. The van der Waals surface area contributed by atoms with Gasteiger partial charge in [0.15, 0.2) is 10.9 Å². The van der Waals surface area contributed by atoms with Gasteiger partial charge in [-0.25, -0.2) is 4.98 Å². The van der Waals surface area contributed by atoms with E-state index >= 15 is 0 Å². The van der Waals surface area contributed by atoms with Crippen molar-refractivity contribution in [2.24, 2.45) is 5.92 Å². The van der Waals surface area contributed by atoms with Gasteiger partial charge < -0.3 is 20.2 Å².